The van der Waals surface area contributed by atoms with Gasteiger partial charge in [0.1, 0.15) is 8.55 Å². The first kappa shape index (κ1) is 26.9. The molecule has 0 radical (unpaired) electrons. The van der Waals surface area contributed by atoms with Gasteiger partial charge in [0.15, 0.2) is 9.84 Å². The van der Waals surface area contributed by atoms with E-state index in [0.717, 1.165) is 12.3 Å². The van der Waals surface area contributed by atoms with Crippen LogP contribution in [0.3, 0.4) is 0 Å². The number of fused-ring (bicyclic) bond motifs is 1. The van der Waals surface area contributed by atoms with Gasteiger partial charge in [-0.15, -0.1) is 11.3 Å². The van der Waals surface area contributed by atoms with Crippen LogP contribution in [0.15, 0.2) is 68.6 Å². The van der Waals surface area contributed by atoms with Crippen molar-refractivity contribution >= 4 is 82.6 Å². The minimum atomic E-state index is -4.20. The minimum absolute atomic E-state index is 0.0280. The van der Waals surface area contributed by atoms with Crippen LogP contribution in [0.5, 0.6) is 0 Å². The van der Waals surface area contributed by atoms with Crippen molar-refractivity contribution in [1.82, 2.24) is 9.29 Å². The van der Waals surface area contributed by atoms with Gasteiger partial charge in [0.05, 0.1) is 9.92 Å². The van der Waals surface area contributed by atoms with E-state index >= 15 is 0 Å². The number of halogens is 2. The molecule has 0 aliphatic carbocycles. The Hall–Kier alpha value is -3.10. The number of carbonyl (C=O) groups excluding carboxylic acids is 1. The molecule has 0 saturated heterocycles. The van der Waals surface area contributed by atoms with Crippen molar-refractivity contribution in [2.45, 2.75) is 9.10 Å². The highest BCUT2D eigenvalue weighted by Gasteiger charge is 2.22. The van der Waals surface area contributed by atoms with Crippen LogP contribution in [-0.4, -0.2) is 40.7 Å². The van der Waals surface area contributed by atoms with Gasteiger partial charge in [-0.05, 0) is 48.5 Å². The number of rotatable bonds is 6. The number of thiophene rings is 1. The van der Waals surface area contributed by atoms with Crippen LogP contribution >= 0.6 is 34.5 Å². The molecule has 15 heteroatoms. The van der Waals surface area contributed by atoms with E-state index in [0.29, 0.717) is 28.1 Å². The number of hydrogen-bond acceptors (Lipinski definition) is 8. The number of pyridine rings is 1. The summed E-state index contributed by atoms with van der Waals surface area (Å²) in [4.78, 5) is 25.4. The normalized spacial score (nSPS) is 11.9. The molecule has 194 valence electrons. The molecule has 2 aromatic heterocycles. The molecule has 3 N–H and O–H groups in total. The van der Waals surface area contributed by atoms with E-state index in [1.807, 2.05) is 4.72 Å². The van der Waals surface area contributed by atoms with Crippen LogP contribution in [0, 0.1) is 0 Å². The Morgan fingerprint density at radius 1 is 0.946 bits per heavy atom. The summed E-state index contributed by atoms with van der Waals surface area (Å²) in [5.41, 5.74) is 0.754. The number of aromatic nitrogens is 1. The molecule has 0 saturated carbocycles. The molecule has 0 atom stereocenters. The number of sulfone groups is 1. The zero-order valence-electron chi connectivity index (χ0n) is 19.1. The Bertz CT molecular complexity index is 1800. The topological polar surface area (TPSA) is 143 Å². The van der Waals surface area contributed by atoms with Crippen LogP contribution < -0.4 is 20.9 Å². The predicted octanol–water partition coefficient (Wildman–Crippen LogP) is 4.31. The van der Waals surface area contributed by atoms with Crippen molar-refractivity contribution in [3.05, 3.63) is 74.4 Å². The SMILES string of the molecule is CNc1ccc2c(=O)n(-c3ccc(NC(=O)NS(=O)(=O)c4cc(Cl)c(Cl)s4)cc3)cc(S(C)(=O)=O)c2c1. The molecule has 0 unspecified atom stereocenters. The number of anilines is 2. The fourth-order valence-electron chi connectivity index (χ4n) is 3.45. The molecule has 2 heterocycles. The van der Waals surface area contributed by atoms with E-state index in [-0.39, 0.29) is 29.5 Å². The predicted molar refractivity (Wildman–Crippen MR) is 146 cm³/mol. The maximum absolute atomic E-state index is 13.2. The van der Waals surface area contributed by atoms with Crippen molar-refractivity contribution in [2.24, 2.45) is 0 Å². The van der Waals surface area contributed by atoms with Gasteiger partial charge in [0.2, 0.25) is 0 Å². The Balaban J connectivity index is 1.63. The number of nitrogens with one attached hydrogen (secondary N) is 3. The minimum Gasteiger partial charge on any atom is -0.388 e. The highest BCUT2D eigenvalue weighted by atomic mass is 35.5. The standard InChI is InChI=1S/C22H18Cl2N4O6S3/c1-25-13-5-8-15-16(9-13)18(36(2,31)32)11-28(21(15)29)14-6-3-12(4-7-14)26-22(30)27-37(33,34)19-10-17(23)20(24)35-19/h3-11,25H,1-2H3,(H2,26,27,30). The van der Waals surface area contributed by atoms with Crippen LogP contribution in [0.1, 0.15) is 0 Å². The maximum Gasteiger partial charge on any atom is 0.333 e. The van der Waals surface area contributed by atoms with Gasteiger partial charge in [-0.3, -0.25) is 9.36 Å². The summed E-state index contributed by atoms with van der Waals surface area (Å²) in [5, 5.41) is 5.85. The summed E-state index contributed by atoms with van der Waals surface area (Å²) in [7, 11) is -6.21. The molecule has 2 amide bonds. The van der Waals surface area contributed by atoms with E-state index < -0.39 is 31.5 Å². The average Bonchev–Trinajstić information content (AvgIpc) is 3.17. The van der Waals surface area contributed by atoms with E-state index in [1.165, 1.54) is 35.0 Å². The highest BCUT2D eigenvalue weighted by Crippen LogP contribution is 2.34. The van der Waals surface area contributed by atoms with Crippen LogP contribution in [0.2, 0.25) is 9.36 Å². The van der Waals surface area contributed by atoms with Crippen LogP contribution in [-0.2, 0) is 19.9 Å². The van der Waals surface area contributed by atoms with Crippen molar-refractivity contribution in [2.75, 3.05) is 23.9 Å². The van der Waals surface area contributed by atoms with Gasteiger partial charge in [0, 0.05) is 47.3 Å². The zero-order chi connectivity index (χ0) is 27.1. The molecular weight excluding hydrogens is 583 g/mol. The quantitative estimate of drug-likeness (QED) is 0.299. The second kappa shape index (κ2) is 9.99. The first-order valence-electron chi connectivity index (χ1n) is 10.3. The van der Waals surface area contributed by atoms with Crippen LogP contribution in [0.4, 0.5) is 16.2 Å². The Morgan fingerprint density at radius 2 is 1.59 bits per heavy atom. The lowest BCUT2D eigenvalue weighted by Crippen LogP contribution is -2.33. The lowest BCUT2D eigenvalue weighted by Gasteiger charge is -2.13. The maximum atomic E-state index is 13.2. The van der Waals surface area contributed by atoms with Gasteiger partial charge in [-0.25, -0.2) is 26.4 Å². The molecule has 37 heavy (non-hydrogen) atoms. The van der Waals surface area contributed by atoms with Crippen molar-refractivity contribution in [3.8, 4) is 5.69 Å². The molecule has 0 aliphatic rings. The third-order valence-electron chi connectivity index (χ3n) is 5.19. The Labute approximate surface area is 225 Å². The Kier molecular flexibility index (Phi) is 7.27. The number of carbonyl (C=O) groups is 1. The smallest absolute Gasteiger partial charge is 0.333 e. The summed E-state index contributed by atoms with van der Waals surface area (Å²) >= 11 is 12.3. The van der Waals surface area contributed by atoms with E-state index in [2.05, 4.69) is 10.6 Å². The lowest BCUT2D eigenvalue weighted by atomic mass is 10.1. The number of amides is 2. The van der Waals surface area contributed by atoms with Gasteiger partial charge < -0.3 is 10.6 Å². The molecule has 0 fully saturated rings. The van der Waals surface area contributed by atoms with Gasteiger partial charge in [-0.2, -0.15) is 0 Å². The first-order chi connectivity index (χ1) is 17.3. The zero-order valence-corrected chi connectivity index (χ0v) is 23.0. The summed E-state index contributed by atoms with van der Waals surface area (Å²) < 4.78 is 52.6. The van der Waals surface area contributed by atoms with E-state index in [9.17, 15) is 26.4 Å². The number of sulfonamides is 1. The summed E-state index contributed by atoms with van der Waals surface area (Å²) in [6.07, 6.45) is 2.30. The molecule has 4 rings (SSSR count). The van der Waals surface area contributed by atoms with Gasteiger partial charge in [0.25, 0.3) is 15.6 Å². The monoisotopic (exact) mass is 600 g/mol. The second-order valence-corrected chi connectivity index (χ2v) is 13.7. The molecule has 4 aromatic rings. The number of hydrogen-bond donors (Lipinski definition) is 3. The lowest BCUT2D eigenvalue weighted by molar-refractivity contribution is 0.256. The second-order valence-electron chi connectivity index (χ2n) is 7.74. The fraction of sp³-hybridized carbons (Fsp3) is 0.0909. The van der Waals surface area contributed by atoms with Crippen LogP contribution in [0.25, 0.3) is 16.5 Å². The largest absolute Gasteiger partial charge is 0.388 e. The molecule has 2 aromatic carbocycles. The summed E-state index contributed by atoms with van der Waals surface area (Å²) in [6, 6.07) is 10.7. The molecule has 0 aliphatic heterocycles. The third kappa shape index (κ3) is 5.60. The fourth-order valence-corrected chi connectivity index (χ4v) is 7.10. The highest BCUT2D eigenvalue weighted by molar-refractivity contribution is 7.92. The van der Waals surface area contributed by atoms with E-state index in [4.69, 9.17) is 23.2 Å². The average molecular weight is 602 g/mol. The number of nitrogens with zero attached hydrogens (tertiary/aromatic N) is 1. The van der Waals surface area contributed by atoms with E-state index in [1.54, 1.807) is 25.2 Å². The first-order valence-corrected chi connectivity index (χ1v) is 15.2. The molecule has 0 bridgehead atoms. The van der Waals surface area contributed by atoms with Crippen molar-refractivity contribution < 1.29 is 21.6 Å². The van der Waals surface area contributed by atoms with Crippen molar-refractivity contribution in [1.29, 1.82) is 0 Å². The molecule has 0 spiro atoms. The van der Waals surface area contributed by atoms with Gasteiger partial charge in [-0.1, -0.05) is 23.2 Å². The third-order valence-corrected chi connectivity index (χ3v) is 9.98. The summed E-state index contributed by atoms with van der Waals surface area (Å²) in [6.45, 7) is 0. The number of urea groups is 1. The molecule has 10 nitrogen and oxygen atoms in total. The Morgan fingerprint density at radius 3 is 2.16 bits per heavy atom. The summed E-state index contributed by atoms with van der Waals surface area (Å²) in [5.74, 6) is 0. The van der Waals surface area contributed by atoms with Gasteiger partial charge >= 0.3 is 6.03 Å². The van der Waals surface area contributed by atoms with Crippen molar-refractivity contribution in [3.63, 3.8) is 0 Å². The molecular formula is C22H18Cl2N4O6S3. The number of benzene rings is 2.